The summed E-state index contributed by atoms with van der Waals surface area (Å²) in [5.41, 5.74) is 3.83. The number of amides is 4. The first-order valence-electron chi connectivity index (χ1n) is 18.9. The average molecular weight is 818 g/mol. The Kier molecular flexibility index (Phi) is 14.1. The van der Waals surface area contributed by atoms with Crippen molar-refractivity contribution in [3.05, 3.63) is 142 Å². The van der Waals surface area contributed by atoms with Crippen LogP contribution < -0.4 is 21.3 Å². The molecular weight excluding hydrogens is 775 g/mol. The number of fused-ring (bicyclic) bond motifs is 18. The average Bonchev–Trinajstić information content (AvgIpc) is 3.76. The molecule has 6 atom stereocenters. The Morgan fingerprint density at radius 3 is 1.83 bits per heavy atom. The number of carboxylic acid groups (broad SMARTS) is 1. The van der Waals surface area contributed by atoms with Crippen LogP contribution in [0.3, 0.4) is 0 Å². The summed E-state index contributed by atoms with van der Waals surface area (Å²) in [6.07, 6.45) is -1.81. The molecule has 0 aliphatic carbocycles. The minimum atomic E-state index is -2.29. The molecule has 4 amide bonds. The van der Waals surface area contributed by atoms with Gasteiger partial charge in [-0.1, -0.05) is 72.8 Å². The number of aliphatic carboxylic acids is 1. The van der Waals surface area contributed by atoms with Crippen LogP contribution in [0.15, 0.2) is 121 Å². The minimum Gasteiger partial charge on any atom is -0.481 e. The molecule has 2 bridgehead atoms. The highest BCUT2D eigenvalue weighted by molar-refractivity contribution is 7.09. The molecule has 0 unspecified atom stereocenters. The van der Waals surface area contributed by atoms with Crippen molar-refractivity contribution in [1.82, 2.24) is 20.9 Å². The first-order valence-corrected chi connectivity index (χ1v) is 19.8. The molecule has 0 spiro atoms. The van der Waals surface area contributed by atoms with Gasteiger partial charge in [0.1, 0.15) is 12.1 Å². The van der Waals surface area contributed by atoms with E-state index in [2.05, 4.69) is 26.3 Å². The molecule has 4 heterocycles. The Morgan fingerprint density at radius 1 is 0.610 bits per heavy atom. The molecule has 7 rings (SSSR count). The van der Waals surface area contributed by atoms with Crippen molar-refractivity contribution in [2.75, 3.05) is 5.32 Å². The third-order valence-electron chi connectivity index (χ3n) is 9.98. The van der Waals surface area contributed by atoms with E-state index in [4.69, 9.17) is 0 Å². The molecule has 3 aromatic carbocycles. The Labute approximate surface area is 343 Å². The molecular formula is C44H43N5O9S. The highest BCUT2D eigenvalue weighted by Crippen LogP contribution is 2.22. The van der Waals surface area contributed by atoms with Gasteiger partial charge in [-0.2, -0.15) is 0 Å². The number of carbonyl (C=O) groups is 6. The number of nitrogens with one attached hydrogen (secondary N) is 4. The van der Waals surface area contributed by atoms with Crippen molar-refractivity contribution >= 4 is 52.4 Å². The fourth-order valence-corrected chi connectivity index (χ4v) is 7.45. The van der Waals surface area contributed by atoms with Gasteiger partial charge in [-0.3, -0.25) is 33.8 Å². The number of hydrogen-bond acceptors (Lipinski definition) is 10. The van der Waals surface area contributed by atoms with Crippen LogP contribution >= 0.6 is 11.3 Å². The number of aliphatic hydroxyl groups is 2. The van der Waals surface area contributed by atoms with E-state index in [1.807, 2.05) is 24.3 Å². The Balaban J connectivity index is 1.37. The summed E-state index contributed by atoms with van der Waals surface area (Å²) < 4.78 is 0. The number of pyridine rings is 1. The number of anilines is 1. The summed E-state index contributed by atoms with van der Waals surface area (Å²) in [5, 5.41) is 43.9. The summed E-state index contributed by atoms with van der Waals surface area (Å²) in [6.45, 7) is 0. The number of ketones is 1. The van der Waals surface area contributed by atoms with Crippen LogP contribution in [0.4, 0.5) is 5.69 Å². The SMILES string of the molecule is O=C(O)[C@H]1CC(=O)[C@@H](Cc2ccccc2)NC(=O)[C@H](Cc2ccc(-c3ccncc3)cc2)NC(=O)[C@@H](Cc2cccs2)NC(=O)[C@H](O)[C@@H](O)C(=O)Nc2ccc(cc2)C1. The number of carbonyl (C=O) groups excluding carboxylic acids is 5. The van der Waals surface area contributed by atoms with E-state index in [1.165, 1.54) is 35.6 Å². The van der Waals surface area contributed by atoms with Crippen LogP contribution in [0, 0.1) is 5.92 Å². The maximum Gasteiger partial charge on any atom is 0.307 e. The number of nitrogens with zero attached hydrogens (tertiary/aromatic N) is 1. The van der Waals surface area contributed by atoms with E-state index in [-0.39, 0.29) is 31.4 Å². The van der Waals surface area contributed by atoms with Gasteiger partial charge in [-0.15, -0.1) is 11.3 Å². The summed E-state index contributed by atoms with van der Waals surface area (Å²) >= 11 is 1.30. The maximum absolute atomic E-state index is 14.4. The predicted molar refractivity (Wildman–Crippen MR) is 219 cm³/mol. The van der Waals surface area contributed by atoms with Crippen LogP contribution in [-0.4, -0.2) is 86.0 Å². The lowest BCUT2D eigenvalue weighted by Gasteiger charge is -2.26. The van der Waals surface area contributed by atoms with Crippen molar-refractivity contribution < 1.29 is 44.1 Å². The fourth-order valence-electron chi connectivity index (χ4n) is 6.70. The molecule has 2 aromatic heterocycles. The summed E-state index contributed by atoms with van der Waals surface area (Å²) in [6, 6.07) is 25.4. The van der Waals surface area contributed by atoms with E-state index >= 15 is 0 Å². The summed E-state index contributed by atoms with van der Waals surface area (Å²) in [7, 11) is 0. The quantitative estimate of drug-likeness (QED) is 0.113. The Morgan fingerprint density at radius 2 is 1.19 bits per heavy atom. The minimum absolute atomic E-state index is 0.0325. The normalized spacial score (nSPS) is 22.3. The lowest BCUT2D eigenvalue weighted by molar-refractivity contribution is -0.145. The van der Waals surface area contributed by atoms with Crippen molar-refractivity contribution in [2.24, 2.45) is 5.92 Å². The van der Waals surface area contributed by atoms with Gasteiger partial charge >= 0.3 is 5.97 Å². The molecule has 59 heavy (non-hydrogen) atoms. The zero-order valence-electron chi connectivity index (χ0n) is 31.7. The van der Waals surface area contributed by atoms with Gasteiger partial charge in [0.05, 0.1) is 12.0 Å². The van der Waals surface area contributed by atoms with Crippen molar-refractivity contribution in [1.29, 1.82) is 0 Å². The lowest BCUT2D eigenvalue weighted by atomic mass is 9.90. The number of Topliss-reactive ketones (excluding diaryl/α,β-unsaturated/α-hetero) is 1. The maximum atomic E-state index is 14.4. The molecule has 15 heteroatoms. The number of benzene rings is 3. The topological polar surface area (TPSA) is 224 Å². The van der Waals surface area contributed by atoms with Gasteiger partial charge in [0.15, 0.2) is 18.0 Å². The van der Waals surface area contributed by atoms with Crippen molar-refractivity contribution in [3.63, 3.8) is 0 Å². The third kappa shape index (κ3) is 11.5. The zero-order valence-corrected chi connectivity index (χ0v) is 32.5. The van der Waals surface area contributed by atoms with Crippen LogP contribution in [0.1, 0.15) is 28.0 Å². The van der Waals surface area contributed by atoms with E-state index in [1.54, 1.807) is 72.4 Å². The molecule has 7 N–H and O–H groups in total. The summed E-state index contributed by atoms with van der Waals surface area (Å²) in [5.74, 6) is -6.86. The van der Waals surface area contributed by atoms with Gasteiger partial charge in [0.25, 0.3) is 11.8 Å². The largest absolute Gasteiger partial charge is 0.481 e. The Hall–Kier alpha value is -6.55. The second-order valence-corrected chi connectivity index (χ2v) is 15.3. The number of thiophene rings is 1. The zero-order chi connectivity index (χ0) is 41.9. The van der Waals surface area contributed by atoms with Crippen LogP contribution in [0.2, 0.25) is 0 Å². The first-order chi connectivity index (χ1) is 28.4. The van der Waals surface area contributed by atoms with Gasteiger partial charge < -0.3 is 36.6 Å². The highest BCUT2D eigenvalue weighted by atomic mass is 32.1. The van der Waals surface area contributed by atoms with Crippen LogP contribution in [0.25, 0.3) is 11.1 Å². The lowest BCUT2D eigenvalue weighted by Crippen LogP contribution is -2.58. The first kappa shape index (κ1) is 42.1. The molecule has 0 fully saturated rings. The van der Waals surface area contributed by atoms with Crippen molar-refractivity contribution in [2.45, 2.75) is 62.4 Å². The molecule has 0 saturated carbocycles. The second kappa shape index (κ2) is 19.7. The fraction of sp³-hybridized carbons (Fsp3) is 0.250. The van der Waals surface area contributed by atoms with Gasteiger partial charge in [0.2, 0.25) is 11.8 Å². The molecule has 304 valence electrons. The van der Waals surface area contributed by atoms with E-state index < -0.39 is 78.1 Å². The Bertz CT molecular complexity index is 2240. The molecule has 14 nitrogen and oxygen atoms in total. The molecule has 5 aromatic rings. The van der Waals surface area contributed by atoms with Gasteiger partial charge in [-0.25, -0.2) is 0 Å². The van der Waals surface area contributed by atoms with Crippen LogP contribution in [0.5, 0.6) is 0 Å². The van der Waals surface area contributed by atoms with Gasteiger partial charge in [-0.05, 0) is 76.4 Å². The molecule has 0 radical (unpaired) electrons. The third-order valence-corrected chi connectivity index (χ3v) is 10.9. The standard InChI is InChI=1S/C44H43N5O9S/c50-37-24-31(44(57)58)21-27-10-14-32(15-11-27)46-42(55)38(51)39(52)43(56)49-36(25-33-7-4-20-59-33)41(54)48-35(40(53)47-34(37)22-26-5-2-1-3-6-26)23-28-8-12-29(13-9-28)30-16-18-45-19-17-30/h1-20,31,34-36,38-39,51-52H,21-25H2,(H,46,55)(H,47,53)(H,48,54)(H,49,56)(H,57,58)/t31-,34-,35+,36-,38-,39-/m1/s1. The number of carboxylic acids is 1. The number of aromatic nitrogens is 1. The van der Waals surface area contributed by atoms with E-state index in [9.17, 15) is 44.1 Å². The van der Waals surface area contributed by atoms with Gasteiger partial charge in [0, 0.05) is 42.2 Å². The number of aliphatic hydroxyl groups excluding tert-OH is 2. The van der Waals surface area contributed by atoms with Crippen molar-refractivity contribution in [3.8, 4) is 11.1 Å². The number of rotatable bonds is 8. The van der Waals surface area contributed by atoms with E-state index in [0.717, 1.165) is 11.1 Å². The number of hydrogen-bond donors (Lipinski definition) is 7. The molecule has 2 aliphatic rings. The molecule has 0 saturated heterocycles. The smallest absolute Gasteiger partial charge is 0.307 e. The highest BCUT2D eigenvalue weighted by Gasteiger charge is 2.36. The summed E-state index contributed by atoms with van der Waals surface area (Å²) in [4.78, 5) is 86.3. The molecule has 2 aliphatic heterocycles. The van der Waals surface area contributed by atoms with E-state index in [0.29, 0.717) is 21.6 Å². The second-order valence-electron chi connectivity index (χ2n) is 14.3. The predicted octanol–water partition coefficient (Wildman–Crippen LogP) is 2.87. The monoisotopic (exact) mass is 817 g/mol. The van der Waals surface area contributed by atoms with Crippen LogP contribution in [-0.2, 0) is 54.5 Å².